The number of nitrogens with zero attached hydrogens (tertiary/aromatic N) is 4. The molecule has 0 radical (unpaired) electrons. The van der Waals surface area contributed by atoms with Gasteiger partial charge in [0.15, 0.2) is 5.16 Å². The number of aryl methyl sites for hydroxylation is 1. The van der Waals surface area contributed by atoms with Crippen molar-refractivity contribution in [3.63, 3.8) is 0 Å². The van der Waals surface area contributed by atoms with Crippen LogP contribution in [-0.4, -0.2) is 14.5 Å². The van der Waals surface area contributed by atoms with Crippen LogP contribution in [0.4, 0.5) is 0 Å². The van der Waals surface area contributed by atoms with Crippen LogP contribution >= 0.6 is 11.8 Å². The van der Waals surface area contributed by atoms with Crippen LogP contribution < -0.4 is 0 Å². The van der Waals surface area contributed by atoms with Crippen molar-refractivity contribution in [2.24, 2.45) is 7.05 Å². The summed E-state index contributed by atoms with van der Waals surface area (Å²) in [6.07, 6.45) is 5.35. The molecule has 0 unspecified atom stereocenters. The highest BCUT2D eigenvalue weighted by Crippen LogP contribution is 2.20. The predicted octanol–water partition coefficient (Wildman–Crippen LogP) is 1.98. The topological polar surface area (TPSA) is 54.5 Å². The molecule has 0 amide bonds. The smallest absolute Gasteiger partial charge is 0.167 e. The Kier molecular flexibility index (Phi) is 3.22. The van der Waals surface area contributed by atoms with E-state index in [1.54, 1.807) is 30.2 Å². The monoisotopic (exact) mass is 230 g/mol. The van der Waals surface area contributed by atoms with Gasteiger partial charge in [0, 0.05) is 31.4 Å². The number of aromatic nitrogens is 3. The molecule has 0 fully saturated rings. The number of pyridine rings is 1. The molecule has 0 saturated heterocycles. The van der Waals surface area contributed by atoms with Crippen molar-refractivity contribution < 1.29 is 0 Å². The van der Waals surface area contributed by atoms with Crippen LogP contribution in [0.25, 0.3) is 0 Å². The van der Waals surface area contributed by atoms with Crippen LogP contribution in [0.2, 0.25) is 0 Å². The van der Waals surface area contributed by atoms with Gasteiger partial charge in [-0.15, -0.1) is 0 Å². The molecule has 0 spiro atoms. The fourth-order valence-corrected chi connectivity index (χ4v) is 2.14. The van der Waals surface area contributed by atoms with Crippen LogP contribution in [-0.2, 0) is 12.8 Å². The molecule has 2 aromatic rings. The summed E-state index contributed by atoms with van der Waals surface area (Å²) in [7, 11) is 1.96. The molecule has 0 aliphatic carbocycles. The molecule has 0 atom stereocenters. The third kappa shape index (κ3) is 2.41. The first kappa shape index (κ1) is 10.7. The van der Waals surface area contributed by atoms with Gasteiger partial charge in [0.05, 0.1) is 0 Å². The Hall–Kier alpha value is -1.80. The normalized spacial score (nSPS) is 10.0. The molecule has 0 aromatic carbocycles. The van der Waals surface area contributed by atoms with Crippen LogP contribution in [0.15, 0.2) is 35.9 Å². The van der Waals surface area contributed by atoms with Crippen molar-refractivity contribution in [1.82, 2.24) is 14.5 Å². The highest BCUT2D eigenvalue weighted by atomic mass is 32.2. The zero-order valence-corrected chi connectivity index (χ0v) is 9.61. The number of hydrogen-bond acceptors (Lipinski definition) is 4. The molecule has 4 nitrogen and oxygen atoms in total. The van der Waals surface area contributed by atoms with Crippen molar-refractivity contribution in [3.8, 4) is 6.07 Å². The Labute approximate surface area is 98.0 Å². The maximum Gasteiger partial charge on any atom is 0.167 e. The standard InChI is InChI=1S/C11H10N4S/c1-15-5-4-14-11(15)16-8-9-2-3-13-10(6-9)7-12/h2-6H,8H2,1H3. The third-order valence-electron chi connectivity index (χ3n) is 2.08. The molecular weight excluding hydrogens is 220 g/mol. The largest absolute Gasteiger partial charge is 0.329 e. The third-order valence-corrected chi connectivity index (χ3v) is 3.21. The molecule has 16 heavy (non-hydrogen) atoms. The Morgan fingerprint density at radius 2 is 2.31 bits per heavy atom. The highest BCUT2D eigenvalue weighted by molar-refractivity contribution is 7.98. The zero-order valence-electron chi connectivity index (χ0n) is 8.79. The first-order valence-corrected chi connectivity index (χ1v) is 5.73. The van der Waals surface area contributed by atoms with E-state index < -0.39 is 0 Å². The van der Waals surface area contributed by atoms with Gasteiger partial charge in [0.1, 0.15) is 11.8 Å². The summed E-state index contributed by atoms with van der Waals surface area (Å²) < 4.78 is 1.97. The van der Waals surface area contributed by atoms with E-state index in [1.165, 1.54) is 0 Å². The summed E-state index contributed by atoms with van der Waals surface area (Å²) in [4.78, 5) is 8.15. The summed E-state index contributed by atoms with van der Waals surface area (Å²) in [5.74, 6) is 0.794. The second-order valence-corrected chi connectivity index (χ2v) is 4.21. The lowest BCUT2D eigenvalue weighted by Gasteiger charge is -2.01. The van der Waals surface area contributed by atoms with Gasteiger partial charge in [-0.1, -0.05) is 11.8 Å². The van der Waals surface area contributed by atoms with E-state index >= 15 is 0 Å². The van der Waals surface area contributed by atoms with E-state index in [2.05, 4.69) is 9.97 Å². The van der Waals surface area contributed by atoms with Crippen molar-refractivity contribution in [1.29, 1.82) is 5.26 Å². The lowest BCUT2D eigenvalue weighted by atomic mass is 10.2. The molecule has 0 saturated carbocycles. The fourth-order valence-electron chi connectivity index (χ4n) is 1.26. The van der Waals surface area contributed by atoms with Crippen LogP contribution in [0.3, 0.4) is 0 Å². The quantitative estimate of drug-likeness (QED) is 0.756. The van der Waals surface area contributed by atoms with Gasteiger partial charge in [-0.25, -0.2) is 9.97 Å². The van der Waals surface area contributed by atoms with Crippen molar-refractivity contribution >= 4 is 11.8 Å². The van der Waals surface area contributed by atoms with Gasteiger partial charge >= 0.3 is 0 Å². The summed E-state index contributed by atoms with van der Waals surface area (Å²) in [5.41, 5.74) is 1.54. The molecule has 0 bridgehead atoms. The van der Waals surface area contributed by atoms with E-state index in [0.29, 0.717) is 5.69 Å². The summed E-state index contributed by atoms with van der Waals surface area (Å²) in [6.45, 7) is 0. The van der Waals surface area contributed by atoms with Crippen LogP contribution in [0, 0.1) is 11.3 Å². The first-order valence-electron chi connectivity index (χ1n) is 4.75. The summed E-state index contributed by atoms with van der Waals surface area (Å²) in [5, 5.41) is 9.69. The molecule has 0 aliphatic rings. The SMILES string of the molecule is Cn1ccnc1SCc1ccnc(C#N)c1. The first-order chi connectivity index (χ1) is 7.79. The van der Waals surface area contributed by atoms with Gasteiger partial charge in [-0.05, 0) is 17.7 Å². The Bertz CT molecular complexity index is 527. The number of thioether (sulfide) groups is 1. The minimum Gasteiger partial charge on any atom is -0.329 e. The second-order valence-electron chi connectivity index (χ2n) is 3.27. The average Bonchev–Trinajstić information content (AvgIpc) is 2.72. The molecule has 2 aromatic heterocycles. The molecule has 2 rings (SSSR count). The number of hydrogen-bond donors (Lipinski definition) is 0. The molecular formula is C11H10N4S. The van der Waals surface area contributed by atoms with Crippen molar-refractivity contribution in [2.75, 3.05) is 0 Å². The summed E-state index contributed by atoms with van der Waals surface area (Å²) >= 11 is 1.64. The molecule has 0 N–H and O–H groups in total. The number of imidazole rings is 1. The number of rotatable bonds is 3. The van der Waals surface area contributed by atoms with Gasteiger partial charge in [0.25, 0.3) is 0 Å². The van der Waals surface area contributed by atoms with E-state index in [9.17, 15) is 0 Å². The minimum absolute atomic E-state index is 0.456. The maximum absolute atomic E-state index is 8.72. The lowest BCUT2D eigenvalue weighted by molar-refractivity contribution is 0.790. The van der Waals surface area contributed by atoms with Crippen molar-refractivity contribution in [3.05, 3.63) is 42.0 Å². The van der Waals surface area contributed by atoms with Gasteiger partial charge < -0.3 is 4.57 Å². The summed E-state index contributed by atoms with van der Waals surface area (Å²) in [6, 6.07) is 5.75. The van der Waals surface area contributed by atoms with Gasteiger partial charge in [0.2, 0.25) is 0 Å². The predicted molar refractivity (Wildman–Crippen MR) is 61.7 cm³/mol. The van der Waals surface area contributed by atoms with Crippen molar-refractivity contribution in [2.45, 2.75) is 10.9 Å². The average molecular weight is 230 g/mol. The number of nitriles is 1. The molecule has 80 valence electrons. The molecule has 5 heteroatoms. The van der Waals surface area contributed by atoms with E-state index in [4.69, 9.17) is 5.26 Å². The Balaban J connectivity index is 2.05. The zero-order chi connectivity index (χ0) is 11.4. The van der Waals surface area contributed by atoms with E-state index in [-0.39, 0.29) is 0 Å². The van der Waals surface area contributed by atoms with E-state index in [0.717, 1.165) is 16.5 Å². The van der Waals surface area contributed by atoms with Crippen LogP contribution in [0.1, 0.15) is 11.3 Å². The Morgan fingerprint density at radius 3 is 3.00 bits per heavy atom. The maximum atomic E-state index is 8.72. The molecule has 2 heterocycles. The minimum atomic E-state index is 0.456. The second kappa shape index (κ2) is 4.81. The van der Waals surface area contributed by atoms with Crippen LogP contribution in [0.5, 0.6) is 0 Å². The fraction of sp³-hybridized carbons (Fsp3) is 0.182. The van der Waals surface area contributed by atoms with Gasteiger partial charge in [-0.2, -0.15) is 5.26 Å². The Morgan fingerprint density at radius 1 is 1.44 bits per heavy atom. The molecule has 0 aliphatic heterocycles. The lowest BCUT2D eigenvalue weighted by Crippen LogP contribution is -1.91. The van der Waals surface area contributed by atoms with E-state index in [1.807, 2.05) is 29.9 Å². The van der Waals surface area contributed by atoms with Gasteiger partial charge in [-0.3, -0.25) is 0 Å². The highest BCUT2D eigenvalue weighted by Gasteiger charge is 2.01.